The largest absolute Gasteiger partial charge is 0.497 e. The van der Waals surface area contributed by atoms with Gasteiger partial charge in [-0.25, -0.2) is 18.4 Å². The van der Waals surface area contributed by atoms with E-state index in [1.807, 2.05) is 42.1 Å². The Hall–Kier alpha value is -3.83. The Labute approximate surface area is 244 Å². The third-order valence-corrected chi connectivity index (χ3v) is 9.44. The van der Waals surface area contributed by atoms with E-state index in [1.54, 1.807) is 27.3 Å². The molecule has 0 atom stereocenters. The Kier molecular flexibility index (Phi) is 8.65. The lowest BCUT2D eigenvalue weighted by Crippen LogP contribution is -2.22. The smallest absolute Gasteiger partial charge is 0.263 e. The van der Waals surface area contributed by atoms with E-state index in [2.05, 4.69) is 21.1 Å². The number of hydrogen-bond acceptors (Lipinski definition) is 8. The van der Waals surface area contributed by atoms with E-state index in [1.165, 1.54) is 29.2 Å². The minimum absolute atomic E-state index is 0.00551. The molecule has 9 nitrogen and oxygen atoms in total. The van der Waals surface area contributed by atoms with Gasteiger partial charge in [0.2, 0.25) is 0 Å². The summed E-state index contributed by atoms with van der Waals surface area (Å²) in [7, 11) is 0.850. The number of para-hydroxylation sites is 2. The average Bonchev–Trinajstić information content (AvgIpc) is 2.98. The van der Waals surface area contributed by atoms with Crippen LogP contribution in [-0.4, -0.2) is 61.9 Å². The monoisotopic (exact) mass is 591 g/mol. The molecule has 1 aromatic heterocycles. The van der Waals surface area contributed by atoms with Gasteiger partial charge in [-0.1, -0.05) is 18.2 Å². The average molecular weight is 592 g/mol. The van der Waals surface area contributed by atoms with Gasteiger partial charge in [-0.05, 0) is 84.7 Å². The van der Waals surface area contributed by atoms with Crippen molar-refractivity contribution in [2.75, 3.05) is 42.7 Å². The number of methoxy groups -OCH3 is 1. The normalized spacial score (nSPS) is 14.0. The number of nitrogens with zero attached hydrogens (tertiary/aromatic N) is 3. The van der Waals surface area contributed by atoms with Gasteiger partial charge in [-0.3, -0.25) is 9.52 Å². The van der Waals surface area contributed by atoms with Crippen LogP contribution in [0.25, 0.3) is 11.0 Å². The molecule has 0 aliphatic carbocycles. The highest BCUT2D eigenvalue weighted by molar-refractivity contribution is 7.99. The van der Waals surface area contributed by atoms with E-state index < -0.39 is 10.0 Å². The SMILES string of the molecule is COc1ccc(CC2CCSCC2)c(Nc2nc3ccccc3nc2NS(=O)(=O)c2ccc(C(=O)N(C)C)cc2)c1. The summed E-state index contributed by atoms with van der Waals surface area (Å²) in [6.07, 6.45) is 3.22. The van der Waals surface area contributed by atoms with Crippen molar-refractivity contribution in [1.82, 2.24) is 14.9 Å². The van der Waals surface area contributed by atoms with Crippen LogP contribution in [0.2, 0.25) is 0 Å². The highest BCUT2D eigenvalue weighted by atomic mass is 32.2. The maximum atomic E-state index is 13.5. The number of benzene rings is 3. The zero-order valence-electron chi connectivity index (χ0n) is 23.3. The minimum atomic E-state index is -4.05. The van der Waals surface area contributed by atoms with Gasteiger partial charge in [-0.2, -0.15) is 11.8 Å². The first-order valence-electron chi connectivity index (χ1n) is 13.4. The Bertz CT molecular complexity index is 1650. The number of amides is 1. The van der Waals surface area contributed by atoms with Gasteiger partial charge in [0.25, 0.3) is 15.9 Å². The third-order valence-electron chi connectivity index (χ3n) is 7.04. The first-order valence-corrected chi connectivity index (χ1v) is 16.0. The van der Waals surface area contributed by atoms with Crippen LogP contribution >= 0.6 is 11.8 Å². The molecule has 1 fully saturated rings. The predicted octanol–water partition coefficient (Wildman–Crippen LogP) is 5.57. The summed E-state index contributed by atoms with van der Waals surface area (Å²) in [5.41, 5.74) is 3.46. The standard InChI is InChI=1S/C30H33N5O4S2/c1-35(2)30(36)21-9-12-24(13-10-21)41(37,38)34-29-28(31-25-6-4-5-7-26(25)32-29)33-27-19-23(39-3)11-8-22(27)18-20-14-16-40-17-15-20/h4-13,19-20H,14-18H2,1-3H3,(H,31,33)(H,32,34). The van der Waals surface area contributed by atoms with E-state index >= 15 is 0 Å². The second kappa shape index (κ2) is 12.4. The van der Waals surface area contributed by atoms with Crippen molar-refractivity contribution >= 4 is 56.0 Å². The van der Waals surface area contributed by atoms with Gasteiger partial charge in [-0.15, -0.1) is 0 Å². The van der Waals surface area contributed by atoms with Crippen molar-refractivity contribution in [1.29, 1.82) is 0 Å². The molecule has 2 N–H and O–H groups in total. The fourth-order valence-electron chi connectivity index (χ4n) is 4.75. The molecule has 2 heterocycles. The fourth-order valence-corrected chi connectivity index (χ4v) is 6.96. The summed E-state index contributed by atoms with van der Waals surface area (Å²) >= 11 is 1.99. The molecule has 5 rings (SSSR count). The molecule has 11 heteroatoms. The van der Waals surface area contributed by atoms with Gasteiger partial charge in [0.05, 0.1) is 23.0 Å². The van der Waals surface area contributed by atoms with Crippen LogP contribution in [0.3, 0.4) is 0 Å². The number of ether oxygens (including phenoxy) is 1. The Morgan fingerprint density at radius 1 is 0.976 bits per heavy atom. The Morgan fingerprint density at radius 3 is 2.27 bits per heavy atom. The zero-order chi connectivity index (χ0) is 29.0. The maximum Gasteiger partial charge on any atom is 0.263 e. The number of rotatable bonds is 9. The predicted molar refractivity (Wildman–Crippen MR) is 165 cm³/mol. The molecule has 1 saturated heterocycles. The highest BCUT2D eigenvalue weighted by Crippen LogP contribution is 2.34. The number of hydrogen-bond donors (Lipinski definition) is 2. The molecule has 4 aromatic rings. The molecule has 3 aromatic carbocycles. The highest BCUT2D eigenvalue weighted by Gasteiger charge is 2.22. The van der Waals surface area contributed by atoms with E-state index in [9.17, 15) is 13.2 Å². The molecule has 0 unspecified atom stereocenters. The molecule has 1 aliphatic heterocycles. The molecular formula is C30H33N5O4S2. The summed E-state index contributed by atoms with van der Waals surface area (Å²) in [6.45, 7) is 0. The molecule has 0 saturated carbocycles. The second-order valence-corrected chi connectivity index (χ2v) is 13.1. The van der Waals surface area contributed by atoms with Gasteiger partial charge in [0.1, 0.15) is 5.75 Å². The van der Waals surface area contributed by atoms with Gasteiger partial charge in [0.15, 0.2) is 11.6 Å². The lowest BCUT2D eigenvalue weighted by Gasteiger charge is -2.23. The molecular weight excluding hydrogens is 558 g/mol. The summed E-state index contributed by atoms with van der Waals surface area (Å²) in [5, 5.41) is 3.37. The zero-order valence-corrected chi connectivity index (χ0v) is 24.9. The Morgan fingerprint density at radius 2 is 1.63 bits per heavy atom. The number of sulfonamides is 1. The van der Waals surface area contributed by atoms with Crippen LogP contribution < -0.4 is 14.8 Å². The molecule has 0 bridgehead atoms. The lowest BCUT2D eigenvalue weighted by atomic mass is 9.93. The summed E-state index contributed by atoms with van der Waals surface area (Å²) < 4.78 is 35.0. The van der Waals surface area contributed by atoms with Crippen molar-refractivity contribution in [2.24, 2.45) is 5.92 Å². The first kappa shape index (κ1) is 28.7. The number of thioether (sulfide) groups is 1. The molecule has 1 aliphatic rings. The van der Waals surface area contributed by atoms with Gasteiger partial charge >= 0.3 is 0 Å². The van der Waals surface area contributed by atoms with Crippen LogP contribution in [0.1, 0.15) is 28.8 Å². The number of carbonyl (C=O) groups excluding carboxylic acids is 1. The number of carbonyl (C=O) groups is 1. The second-order valence-electron chi connectivity index (χ2n) is 10.1. The van der Waals surface area contributed by atoms with Crippen molar-refractivity contribution < 1.29 is 17.9 Å². The van der Waals surface area contributed by atoms with Crippen LogP contribution in [-0.2, 0) is 16.4 Å². The summed E-state index contributed by atoms with van der Waals surface area (Å²) in [6, 6.07) is 19.0. The van der Waals surface area contributed by atoms with Gasteiger partial charge in [0, 0.05) is 31.4 Å². The van der Waals surface area contributed by atoms with Crippen molar-refractivity contribution in [2.45, 2.75) is 24.2 Å². The van der Waals surface area contributed by atoms with E-state index in [0.29, 0.717) is 28.3 Å². The van der Waals surface area contributed by atoms with E-state index in [-0.39, 0.29) is 22.4 Å². The van der Waals surface area contributed by atoms with Gasteiger partial charge < -0.3 is 15.0 Å². The molecule has 0 spiro atoms. The number of anilines is 3. The van der Waals surface area contributed by atoms with Crippen LogP contribution in [0.15, 0.2) is 71.6 Å². The van der Waals surface area contributed by atoms with Crippen LogP contribution in [0.5, 0.6) is 5.75 Å². The summed E-state index contributed by atoms with van der Waals surface area (Å²) in [5.74, 6) is 3.72. The third kappa shape index (κ3) is 6.74. The number of nitrogens with one attached hydrogen (secondary N) is 2. The quantitative estimate of drug-likeness (QED) is 0.260. The maximum absolute atomic E-state index is 13.5. The van der Waals surface area contributed by atoms with Crippen LogP contribution in [0.4, 0.5) is 17.3 Å². The molecule has 0 radical (unpaired) electrons. The number of aromatic nitrogens is 2. The lowest BCUT2D eigenvalue weighted by molar-refractivity contribution is 0.0827. The van der Waals surface area contributed by atoms with Crippen molar-refractivity contribution in [3.63, 3.8) is 0 Å². The van der Waals surface area contributed by atoms with Crippen molar-refractivity contribution in [3.05, 3.63) is 77.9 Å². The minimum Gasteiger partial charge on any atom is -0.497 e. The fraction of sp³-hybridized carbons (Fsp3) is 0.300. The van der Waals surface area contributed by atoms with E-state index in [4.69, 9.17) is 9.72 Å². The molecule has 41 heavy (non-hydrogen) atoms. The summed E-state index contributed by atoms with van der Waals surface area (Å²) in [4.78, 5) is 23.1. The Balaban J connectivity index is 1.50. The van der Waals surface area contributed by atoms with E-state index in [0.717, 1.165) is 42.0 Å². The first-order chi connectivity index (χ1) is 19.7. The topological polar surface area (TPSA) is 114 Å². The molecule has 1 amide bonds. The molecule has 214 valence electrons. The van der Waals surface area contributed by atoms with Crippen molar-refractivity contribution in [3.8, 4) is 5.75 Å². The number of fused-ring (bicyclic) bond motifs is 1. The van der Waals surface area contributed by atoms with Crippen LogP contribution in [0, 0.1) is 5.92 Å².